The molecule has 1 aromatic rings. The van der Waals surface area contributed by atoms with E-state index in [9.17, 15) is 4.79 Å². The van der Waals surface area contributed by atoms with E-state index in [1.807, 2.05) is 0 Å². The number of carbonyl (C=O) groups excluding carboxylic acids is 1. The maximum absolute atomic E-state index is 11.6. The van der Waals surface area contributed by atoms with Crippen LogP contribution in [-0.4, -0.2) is 32.7 Å². The van der Waals surface area contributed by atoms with Crippen LogP contribution < -0.4 is 10.6 Å². The number of methoxy groups -OCH3 is 1. The highest BCUT2D eigenvalue weighted by Gasteiger charge is 2.04. The van der Waals surface area contributed by atoms with Gasteiger partial charge in [0.05, 0.1) is 10.0 Å². The molecule has 6 heteroatoms. The lowest BCUT2D eigenvalue weighted by atomic mass is 10.3. The molecule has 0 bridgehead atoms. The SMILES string of the molecule is COCCCNCCC(=O)Nc1ccc(Cl)c(Cl)c1. The molecule has 4 nitrogen and oxygen atoms in total. The quantitative estimate of drug-likeness (QED) is 0.726. The van der Waals surface area contributed by atoms with Crippen molar-refractivity contribution in [1.82, 2.24) is 5.32 Å². The predicted octanol–water partition coefficient (Wildman–Crippen LogP) is 2.95. The first-order valence-electron chi connectivity index (χ1n) is 6.08. The number of benzene rings is 1. The second kappa shape index (κ2) is 9.15. The van der Waals surface area contributed by atoms with Crippen LogP contribution in [0.1, 0.15) is 12.8 Å². The topological polar surface area (TPSA) is 50.4 Å². The number of halogens is 2. The van der Waals surface area contributed by atoms with Crippen LogP contribution in [0.4, 0.5) is 5.69 Å². The first-order chi connectivity index (χ1) is 9.13. The molecule has 19 heavy (non-hydrogen) atoms. The summed E-state index contributed by atoms with van der Waals surface area (Å²) >= 11 is 11.7. The molecule has 0 aliphatic carbocycles. The second-order valence-electron chi connectivity index (χ2n) is 4.02. The smallest absolute Gasteiger partial charge is 0.225 e. The molecule has 1 amide bonds. The zero-order valence-corrected chi connectivity index (χ0v) is 12.4. The fourth-order valence-electron chi connectivity index (χ4n) is 1.47. The number of ether oxygens (including phenoxy) is 1. The molecule has 0 atom stereocenters. The second-order valence-corrected chi connectivity index (χ2v) is 4.84. The van der Waals surface area contributed by atoms with Crippen LogP contribution in [0.15, 0.2) is 18.2 Å². The molecule has 0 aromatic heterocycles. The fraction of sp³-hybridized carbons (Fsp3) is 0.462. The molecule has 0 unspecified atom stereocenters. The van der Waals surface area contributed by atoms with Crippen LogP contribution in [0.3, 0.4) is 0 Å². The first kappa shape index (κ1) is 16.2. The number of hydrogen-bond donors (Lipinski definition) is 2. The van der Waals surface area contributed by atoms with Crippen molar-refractivity contribution in [2.24, 2.45) is 0 Å². The number of rotatable bonds is 8. The Morgan fingerprint density at radius 3 is 2.74 bits per heavy atom. The molecule has 0 spiro atoms. The van der Waals surface area contributed by atoms with E-state index in [0.717, 1.165) is 19.6 Å². The average Bonchev–Trinajstić information content (AvgIpc) is 2.38. The Morgan fingerprint density at radius 2 is 2.05 bits per heavy atom. The van der Waals surface area contributed by atoms with Crippen LogP contribution in [0.5, 0.6) is 0 Å². The largest absolute Gasteiger partial charge is 0.385 e. The summed E-state index contributed by atoms with van der Waals surface area (Å²) in [6, 6.07) is 5.01. The van der Waals surface area contributed by atoms with Gasteiger partial charge in [0.15, 0.2) is 0 Å². The summed E-state index contributed by atoms with van der Waals surface area (Å²) in [6.45, 7) is 2.20. The van der Waals surface area contributed by atoms with Gasteiger partial charge in [-0.15, -0.1) is 0 Å². The molecule has 0 aliphatic heterocycles. The highest BCUT2D eigenvalue weighted by molar-refractivity contribution is 6.42. The van der Waals surface area contributed by atoms with Gasteiger partial charge < -0.3 is 15.4 Å². The Balaban J connectivity index is 2.21. The summed E-state index contributed by atoms with van der Waals surface area (Å²) < 4.78 is 4.93. The average molecular weight is 305 g/mol. The van der Waals surface area contributed by atoms with Crippen molar-refractivity contribution in [2.75, 3.05) is 32.1 Å². The lowest BCUT2D eigenvalue weighted by molar-refractivity contribution is -0.116. The van der Waals surface area contributed by atoms with Gasteiger partial charge in [-0.3, -0.25) is 4.79 Å². The van der Waals surface area contributed by atoms with E-state index < -0.39 is 0 Å². The monoisotopic (exact) mass is 304 g/mol. The van der Waals surface area contributed by atoms with E-state index in [1.54, 1.807) is 25.3 Å². The minimum Gasteiger partial charge on any atom is -0.385 e. The first-order valence-corrected chi connectivity index (χ1v) is 6.83. The third kappa shape index (κ3) is 6.78. The summed E-state index contributed by atoms with van der Waals surface area (Å²) in [5, 5.41) is 6.83. The molecule has 0 fully saturated rings. The molecular weight excluding hydrogens is 287 g/mol. The maximum atomic E-state index is 11.6. The molecule has 0 aliphatic rings. The van der Waals surface area contributed by atoms with Crippen molar-refractivity contribution in [1.29, 1.82) is 0 Å². The lowest BCUT2D eigenvalue weighted by Crippen LogP contribution is -2.23. The van der Waals surface area contributed by atoms with Gasteiger partial charge in [0.1, 0.15) is 0 Å². The molecule has 2 N–H and O–H groups in total. The summed E-state index contributed by atoms with van der Waals surface area (Å²) in [5.41, 5.74) is 0.652. The van der Waals surface area contributed by atoms with Crippen LogP contribution in [0.2, 0.25) is 10.0 Å². The Labute approximate surface area is 123 Å². The van der Waals surface area contributed by atoms with Gasteiger partial charge in [-0.2, -0.15) is 0 Å². The van der Waals surface area contributed by atoms with Gasteiger partial charge in [-0.05, 0) is 31.2 Å². The minimum atomic E-state index is -0.0577. The summed E-state index contributed by atoms with van der Waals surface area (Å²) in [5.74, 6) is -0.0577. The van der Waals surface area contributed by atoms with Gasteiger partial charge in [-0.25, -0.2) is 0 Å². The normalized spacial score (nSPS) is 10.5. The van der Waals surface area contributed by atoms with Gasteiger partial charge in [-0.1, -0.05) is 23.2 Å². The number of amides is 1. The van der Waals surface area contributed by atoms with E-state index in [4.69, 9.17) is 27.9 Å². The van der Waals surface area contributed by atoms with Crippen molar-refractivity contribution < 1.29 is 9.53 Å². The van der Waals surface area contributed by atoms with E-state index in [1.165, 1.54) is 0 Å². The van der Waals surface area contributed by atoms with Crippen molar-refractivity contribution in [3.05, 3.63) is 28.2 Å². The molecule has 1 rings (SSSR count). The summed E-state index contributed by atoms with van der Waals surface area (Å²) in [6.07, 6.45) is 1.35. The highest BCUT2D eigenvalue weighted by atomic mass is 35.5. The molecule has 106 valence electrons. The zero-order chi connectivity index (χ0) is 14.1. The fourth-order valence-corrected chi connectivity index (χ4v) is 1.76. The van der Waals surface area contributed by atoms with E-state index in [0.29, 0.717) is 28.7 Å². The predicted molar refractivity (Wildman–Crippen MR) is 79.1 cm³/mol. The Morgan fingerprint density at radius 1 is 1.26 bits per heavy atom. The third-order valence-electron chi connectivity index (χ3n) is 2.43. The van der Waals surface area contributed by atoms with Gasteiger partial charge in [0, 0.05) is 32.4 Å². The molecule has 0 radical (unpaired) electrons. The Hall–Kier alpha value is -0.810. The van der Waals surface area contributed by atoms with Gasteiger partial charge in [0.25, 0.3) is 0 Å². The lowest BCUT2D eigenvalue weighted by Gasteiger charge is -2.07. The third-order valence-corrected chi connectivity index (χ3v) is 3.17. The Bertz CT molecular complexity index is 414. The maximum Gasteiger partial charge on any atom is 0.225 e. The highest BCUT2D eigenvalue weighted by Crippen LogP contribution is 2.24. The molecule has 0 saturated heterocycles. The van der Waals surface area contributed by atoms with Gasteiger partial charge in [0.2, 0.25) is 5.91 Å². The molecular formula is C13H18Cl2N2O2. The Kier molecular flexibility index (Phi) is 7.82. The van der Waals surface area contributed by atoms with Crippen LogP contribution >= 0.6 is 23.2 Å². The zero-order valence-electron chi connectivity index (χ0n) is 10.8. The number of nitrogens with one attached hydrogen (secondary N) is 2. The summed E-state index contributed by atoms with van der Waals surface area (Å²) in [7, 11) is 1.67. The summed E-state index contributed by atoms with van der Waals surface area (Å²) in [4.78, 5) is 11.6. The van der Waals surface area contributed by atoms with E-state index >= 15 is 0 Å². The number of anilines is 1. The molecule has 0 heterocycles. The van der Waals surface area contributed by atoms with Crippen molar-refractivity contribution in [3.63, 3.8) is 0 Å². The minimum absolute atomic E-state index is 0.0577. The van der Waals surface area contributed by atoms with Crippen LogP contribution in [-0.2, 0) is 9.53 Å². The van der Waals surface area contributed by atoms with Crippen molar-refractivity contribution in [2.45, 2.75) is 12.8 Å². The number of carbonyl (C=O) groups is 1. The van der Waals surface area contributed by atoms with E-state index in [-0.39, 0.29) is 5.91 Å². The van der Waals surface area contributed by atoms with Crippen LogP contribution in [0, 0.1) is 0 Å². The van der Waals surface area contributed by atoms with E-state index in [2.05, 4.69) is 10.6 Å². The van der Waals surface area contributed by atoms with Crippen LogP contribution in [0.25, 0.3) is 0 Å². The molecule has 1 aromatic carbocycles. The van der Waals surface area contributed by atoms with Crippen molar-refractivity contribution in [3.8, 4) is 0 Å². The standard InChI is InChI=1S/C13H18Cl2N2O2/c1-19-8-2-6-16-7-5-13(18)17-10-3-4-11(14)12(15)9-10/h3-4,9,16H,2,5-8H2,1H3,(H,17,18). The molecule has 0 saturated carbocycles. The number of hydrogen-bond acceptors (Lipinski definition) is 3. The van der Waals surface area contributed by atoms with Gasteiger partial charge >= 0.3 is 0 Å². The van der Waals surface area contributed by atoms with Crippen molar-refractivity contribution >= 4 is 34.8 Å².